The minimum absolute atomic E-state index is 0. The van der Waals surface area contributed by atoms with E-state index in [4.69, 9.17) is 0 Å². The molecule has 2 nitrogen and oxygen atoms in total. The quantitative estimate of drug-likeness (QED) is 0.320. The van der Waals surface area contributed by atoms with E-state index in [9.17, 15) is 4.79 Å². The van der Waals surface area contributed by atoms with Crippen LogP contribution in [-0.4, -0.2) is 13.1 Å². The first-order chi connectivity index (χ1) is 3.18. The summed E-state index contributed by atoms with van der Waals surface area (Å²) in [7, 11) is 1.33. The third-order valence-electron chi connectivity index (χ3n) is 0.534. The Morgan fingerprint density at radius 3 is 2.00 bits per heavy atom. The minimum Gasteiger partial charge on any atom is -0.466 e. The Kier molecular flexibility index (Phi) is 6.46. The van der Waals surface area contributed by atoms with Gasteiger partial charge in [-0.15, -0.1) is 0 Å². The first kappa shape index (κ1) is 10.6. The molecule has 0 amide bonds. The van der Waals surface area contributed by atoms with Gasteiger partial charge in [-0.05, 0) is 6.92 Å². The number of ether oxygens (including phenoxy) is 1. The van der Waals surface area contributed by atoms with Gasteiger partial charge in [-0.3, -0.25) is 0 Å². The molecule has 0 radical (unpaired) electrons. The summed E-state index contributed by atoms with van der Waals surface area (Å²) >= 11 is 0. The Labute approximate surface area is 58.8 Å². The number of carbonyl (C=O) groups excluding carboxylic acids is 1. The van der Waals surface area contributed by atoms with Gasteiger partial charge in [-0.2, -0.15) is 0 Å². The zero-order chi connectivity index (χ0) is 5.86. The summed E-state index contributed by atoms with van der Waals surface area (Å²) in [6, 6.07) is 0. The Morgan fingerprint density at radius 1 is 1.62 bits per heavy atom. The SMILES string of the molecule is C=C(C)C(=O)OC.[Ni]. The van der Waals surface area contributed by atoms with Crippen LogP contribution in [0.3, 0.4) is 0 Å². The summed E-state index contributed by atoms with van der Waals surface area (Å²) in [6.45, 7) is 4.95. The molecular formula is C5H8NiO2. The third kappa shape index (κ3) is 3.88. The van der Waals surface area contributed by atoms with Crippen LogP contribution in [0, 0.1) is 0 Å². The average molecular weight is 159 g/mol. The van der Waals surface area contributed by atoms with Crippen molar-refractivity contribution in [2.24, 2.45) is 0 Å². The van der Waals surface area contributed by atoms with E-state index < -0.39 is 0 Å². The van der Waals surface area contributed by atoms with E-state index in [1.54, 1.807) is 6.92 Å². The van der Waals surface area contributed by atoms with Gasteiger partial charge in [0.15, 0.2) is 0 Å². The summed E-state index contributed by atoms with van der Waals surface area (Å²) < 4.78 is 4.27. The van der Waals surface area contributed by atoms with Crippen LogP contribution in [0.4, 0.5) is 0 Å². The zero-order valence-corrected chi connectivity index (χ0v) is 5.83. The number of methoxy groups -OCH3 is 1. The molecule has 0 rings (SSSR count). The fraction of sp³-hybridized carbons (Fsp3) is 0.400. The average Bonchev–Trinajstić information content (AvgIpc) is 1.65. The Hall–Kier alpha value is -0.296. The Morgan fingerprint density at radius 2 is 2.00 bits per heavy atom. The molecular weight excluding hydrogens is 151 g/mol. The predicted molar refractivity (Wildman–Crippen MR) is 26.8 cm³/mol. The number of carbonyl (C=O) groups is 1. The molecule has 0 unspecified atom stereocenters. The Balaban J connectivity index is 0. The Bertz CT molecular complexity index is 98.6. The third-order valence-corrected chi connectivity index (χ3v) is 0.534. The van der Waals surface area contributed by atoms with Gasteiger partial charge in [0, 0.05) is 22.1 Å². The number of hydrogen-bond donors (Lipinski definition) is 0. The summed E-state index contributed by atoms with van der Waals surface area (Å²) in [6.07, 6.45) is 0. The van der Waals surface area contributed by atoms with E-state index >= 15 is 0 Å². The van der Waals surface area contributed by atoms with E-state index in [-0.39, 0.29) is 22.5 Å². The van der Waals surface area contributed by atoms with E-state index in [0.717, 1.165) is 0 Å². The molecule has 0 saturated carbocycles. The maximum atomic E-state index is 10.2. The molecule has 0 aromatic carbocycles. The molecule has 0 aromatic heterocycles. The molecule has 0 aromatic rings. The largest absolute Gasteiger partial charge is 0.466 e. The number of rotatable bonds is 1. The number of esters is 1. The topological polar surface area (TPSA) is 26.3 Å². The monoisotopic (exact) mass is 158 g/mol. The van der Waals surface area contributed by atoms with Gasteiger partial charge >= 0.3 is 5.97 Å². The summed E-state index contributed by atoms with van der Waals surface area (Å²) in [4.78, 5) is 10.2. The van der Waals surface area contributed by atoms with Gasteiger partial charge in [0.1, 0.15) is 0 Å². The van der Waals surface area contributed by atoms with Gasteiger partial charge in [-0.25, -0.2) is 4.79 Å². The van der Waals surface area contributed by atoms with Crippen molar-refractivity contribution in [3.63, 3.8) is 0 Å². The van der Waals surface area contributed by atoms with E-state index in [1.807, 2.05) is 0 Å². The van der Waals surface area contributed by atoms with Gasteiger partial charge < -0.3 is 4.74 Å². The van der Waals surface area contributed by atoms with Crippen molar-refractivity contribution in [1.29, 1.82) is 0 Å². The minimum atomic E-state index is -0.347. The van der Waals surface area contributed by atoms with Crippen LogP contribution in [0.1, 0.15) is 6.92 Å². The van der Waals surface area contributed by atoms with Gasteiger partial charge in [0.25, 0.3) is 0 Å². The maximum absolute atomic E-state index is 10.2. The van der Waals surface area contributed by atoms with E-state index in [2.05, 4.69) is 11.3 Å². The first-order valence-electron chi connectivity index (χ1n) is 1.92. The van der Waals surface area contributed by atoms with Crippen LogP contribution in [-0.2, 0) is 26.0 Å². The van der Waals surface area contributed by atoms with Crippen LogP contribution in [0.15, 0.2) is 12.2 Å². The zero-order valence-electron chi connectivity index (χ0n) is 4.84. The summed E-state index contributed by atoms with van der Waals surface area (Å²) in [5.74, 6) is -0.347. The standard InChI is InChI=1S/C5H8O2.Ni/c1-4(2)5(6)7-3;/h1H2,2-3H3;. The molecule has 0 spiro atoms. The van der Waals surface area contributed by atoms with Crippen molar-refractivity contribution in [1.82, 2.24) is 0 Å². The van der Waals surface area contributed by atoms with E-state index in [1.165, 1.54) is 7.11 Å². The van der Waals surface area contributed by atoms with Crippen molar-refractivity contribution < 1.29 is 26.0 Å². The molecule has 0 atom stereocenters. The smallest absolute Gasteiger partial charge is 0.332 e. The van der Waals surface area contributed by atoms with Crippen LogP contribution in [0.25, 0.3) is 0 Å². The molecule has 0 bridgehead atoms. The molecule has 0 aliphatic heterocycles. The predicted octanol–water partition coefficient (Wildman–Crippen LogP) is 0.733. The summed E-state index contributed by atoms with van der Waals surface area (Å²) in [5.41, 5.74) is 0.433. The second kappa shape index (κ2) is 4.85. The molecule has 50 valence electrons. The van der Waals surface area contributed by atoms with E-state index in [0.29, 0.717) is 5.57 Å². The molecule has 0 aliphatic carbocycles. The van der Waals surface area contributed by atoms with Crippen LogP contribution < -0.4 is 0 Å². The molecule has 8 heavy (non-hydrogen) atoms. The van der Waals surface area contributed by atoms with Gasteiger partial charge in [-0.1, -0.05) is 6.58 Å². The van der Waals surface area contributed by atoms with Gasteiger partial charge in [0.05, 0.1) is 7.11 Å². The van der Waals surface area contributed by atoms with Crippen molar-refractivity contribution >= 4 is 5.97 Å². The fourth-order valence-corrected chi connectivity index (χ4v) is 0.174. The molecule has 0 saturated heterocycles. The van der Waals surface area contributed by atoms with Crippen molar-refractivity contribution in [3.05, 3.63) is 12.2 Å². The first-order valence-corrected chi connectivity index (χ1v) is 1.92. The molecule has 0 fully saturated rings. The van der Waals surface area contributed by atoms with Crippen molar-refractivity contribution in [2.75, 3.05) is 7.11 Å². The second-order valence-corrected chi connectivity index (χ2v) is 1.27. The molecule has 0 aliphatic rings. The fourth-order valence-electron chi connectivity index (χ4n) is 0.174. The maximum Gasteiger partial charge on any atom is 0.332 e. The second-order valence-electron chi connectivity index (χ2n) is 1.27. The van der Waals surface area contributed by atoms with Gasteiger partial charge in [0.2, 0.25) is 0 Å². The van der Waals surface area contributed by atoms with Crippen molar-refractivity contribution in [2.45, 2.75) is 6.92 Å². The molecule has 0 heterocycles. The van der Waals surface area contributed by atoms with Crippen LogP contribution in [0.5, 0.6) is 0 Å². The summed E-state index contributed by atoms with van der Waals surface area (Å²) in [5, 5.41) is 0. The normalized spacial score (nSPS) is 6.75. The molecule has 3 heteroatoms. The molecule has 0 N–H and O–H groups in total. The van der Waals surface area contributed by atoms with Crippen LogP contribution >= 0.6 is 0 Å². The van der Waals surface area contributed by atoms with Crippen LogP contribution in [0.2, 0.25) is 0 Å². The number of hydrogen-bond acceptors (Lipinski definition) is 2. The van der Waals surface area contributed by atoms with Crippen molar-refractivity contribution in [3.8, 4) is 0 Å².